The van der Waals surface area contributed by atoms with Crippen molar-refractivity contribution in [2.75, 3.05) is 0 Å². The average molecular weight is 272 g/mol. The molecule has 0 aliphatic carbocycles. The van der Waals surface area contributed by atoms with Gasteiger partial charge in [-0.3, -0.25) is 0 Å². The molecule has 0 bridgehead atoms. The van der Waals surface area contributed by atoms with Crippen LogP contribution >= 0.6 is 15.9 Å². The third-order valence-corrected chi connectivity index (χ3v) is 3.21. The topological polar surface area (TPSA) is 4.41 Å². The molecule has 0 aliphatic heterocycles. The zero-order valence-corrected chi connectivity index (χ0v) is 10.2. The molecule has 1 aromatic carbocycles. The number of benzene rings is 1. The lowest BCUT2D eigenvalue weighted by Crippen LogP contribution is -1.76. The summed E-state index contributed by atoms with van der Waals surface area (Å²) < 4.78 is 3.25. The Balaban J connectivity index is 2.15. The first-order chi connectivity index (χ1) is 7.83. The maximum Gasteiger partial charge on any atom is 0.0456 e. The van der Waals surface area contributed by atoms with Gasteiger partial charge in [0.25, 0.3) is 0 Å². The van der Waals surface area contributed by atoms with Crippen LogP contribution in [-0.4, -0.2) is 4.40 Å². The third kappa shape index (κ3) is 1.65. The van der Waals surface area contributed by atoms with Gasteiger partial charge in [-0.15, -0.1) is 0 Å². The maximum absolute atomic E-state index is 3.45. The van der Waals surface area contributed by atoms with E-state index in [1.807, 2.05) is 6.07 Å². The number of aromatic nitrogens is 1. The molecule has 0 spiro atoms. The minimum atomic E-state index is 1.11. The standard InChI is InChI=1S/C14H10BrN/c15-13-6-4-11(5-7-13)12-9-14-3-1-2-8-16(14)10-12/h1-10H. The van der Waals surface area contributed by atoms with Crippen molar-refractivity contribution in [1.82, 2.24) is 4.40 Å². The van der Waals surface area contributed by atoms with Gasteiger partial charge in [-0.1, -0.05) is 34.1 Å². The summed E-state index contributed by atoms with van der Waals surface area (Å²) >= 11 is 3.45. The van der Waals surface area contributed by atoms with E-state index in [-0.39, 0.29) is 0 Å². The fourth-order valence-electron chi connectivity index (χ4n) is 1.86. The summed E-state index contributed by atoms with van der Waals surface area (Å²) in [7, 11) is 0. The molecule has 78 valence electrons. The molecule has 0 atom stereocenters. The zero-order valence-electron chi connectivity index (χ0n) is 8.60. The van der Waals surface area contributed by atoms with E-state index in [1.165, 1.54) is 16.6 Å². The Kier molecular flexibility index (Phi) is 2.29. The number of rotatable bonds is 1. The second-order valence-electron chi connectivity index (χ2n) is 3.77. The molecule has 16 heavy (non-hydrogen) atoms. The number of pyridine rings is 1. The molecule has 0 radical (unpaired) electrons. The van der Waals surface area contributed by atoms with Crippen LogP contribution in [0.1, 0.15) is 0 Å². The van der Waals surface area contributed by atoms with Crippen LogP contribution in [0, 0.1) is 0 Å². The van der Waals surface area contributed by atoms with Crippen molar-refractivity contribution in [3.8, 4) is 11.1 Å². The van der Waals surface area contributed by atoms with Crippen molar-refractivity contribution >= 4 is 21.4 Å². The van der Waals surface area contributed by atoms with Gasteiger partial charge in [0.15, 0.2) is 0 Å². The first kappa shape index (κ1) is 9.67. The summed E-state index contributed by atoms with van der Waals surface area (Å²) in [6.07, 6.45) is 4.22. The van der Waals surface area contributed by atoms with Crippen molar-refractivity contribution < 1.29 is 0 Å². The predicted molar refractivity (Wildman–Crippen MR) is 70.5 cm³/mol. The monoisotopic (exact) mass is 271 g/mol. The van der Waals surface area contributed by atoms with Crippen LogP contribution in [0.2, 0.25) is 0 Å². The summed E-state index contributed by atoms with van der Waals surface area (Å²) in [5.41, 5.74) is 3.71. The lowest BCUT2D eigenvalue weighted by atomic mass is 10.1. The summed E-state index contributed by atoms with van der Waals surface area (Å²) in [5.74, 6) is 0. The molecule has 2 aromatic heterocycles. The normalized spacial score (nSPS) is 10.8. The Morgan fingerprint density at radius 3 is 2.44 bits per heavy atom. The summed E-state index contributed by atoms with van der Waals surface area (Å²) in [6, 6.07) is 16.8. The van der Waals surface area contributed by atoms with Gasteiger partial charge in [-0.2, -0.15) is 0 Å². The molecule has 0 N–H and O–H groups in total. The smallest absolute Gasteiger partial charge is 0.0456 e. The van der Waals surface area contributed by atoms with Gasteiger partial charge in [-0.25, -0.2) is 0 Å². The number of hydrogen-bond acceptors (Lipinski definition) is 0. The van der Waals surface area contributed by atoms with Crippen molar-refractivity contribution in [2.45, 2.75) is 0 Å². The van der Waals surface area contributed by atoms with Gasteiger partial charge in [0.1, 0.15) is 0 Å². The average Bonchev–Trinajstić information content (AvgIpc) is 2.73. The Hall–Kier alpha value is -1.54. The molecular formula is C14H10BrN. The molecule has 2 heteroatoms. The van der Waals surface area contributed by atoms with Gasteiger partial charge in [0.05, 0.1) is 0 Å². The van der Waals surface area contributed by atoms with E-state index in [0.717, 1.165) is 4.47 Å². The van der Waals surface area contributed by atoms with Crippen LogP contribution in [0.5, 0.6) is 0 Å². The molecule has 0 saturated carbocycles. The van der Waals surface area contributed by atoms with Gasteiger partial charge in [-0.05, 0) is 35.9 Å². The molecular weight excluding hydrogens is 262 g/mol. The van der Waals surface area contributed by atoms with Gasteiger partial charge in [0.2, 0.25) is 0 Å². The van der Waals surface area contributed by atoms with E-state index < -0.39 is 0 Å². The molecule has 3 aromatic rings. The highest BCUT2D eigenvalue weighted by atomic mass is 79.9. The van der Waals surface area contributed by atoms with E-state index in [0.29, 0.717) is 0 Å². The Bertz CT molecular complexity index is 590. The zero-order chi connectivity index (χ0) is 11.0. The van der Waals surface area contributed by atoms with E-state index in [9.17, 15) is 0 Å². The molecule has 0 aliphatic rings. The number of nitrogens with zero attached hydrogens (tertiary/aromatic N) is 1. The lowest BCUT2D eigenvalue weighted by Gasteiger charge is -1.96. The molecule has 0 fully saturated rings. The SMILES string of the molecule is Brc1ccc(-c2cc3ccccn3c2)cc1. The Morgan fingerprint density at radius 2 is 1.69 bits per heavy atom. The maximum atomic E-state index is 3.45. The Morgan fingerprint density at radius 1 is 0.875 bits per heavy atom. The van der Waals surface area contributed by atoms with Gasteiger partial charge < -0.3 is 4.40 Å². The number of halogens is 1. The highest BCUT2D eigenvalue weighted by Gasteiger charge is 2.01. The molecule has 0 amide bonds. The number of hydrogen-bond donors (Lipinski definition) is 0. The minimum absolute atomic E-state index is 1.11. The summed E-state index contributed by atoms with van der Waals surface area (Å²) in [5, 5.41) is 0. The third-order valence-electron chi connectivity index (χ3n) is 2.68. The van der Waals surface area contributed by atoms with Crippen LogP contribution in [0.4, 0.5) is 0 Å². The summed E-state index contributed by atoms with van der Waals surface area (Å²) in [4.78, 5) is 0. The quantitative estimate of drug-likeness (QED) is 0.619. The first-order valence-electron chi connectivity index (χ1n) is 5.16. The van der Waals surface area contributed by atoms with Gasteiger partial charge >= 0.3 is 0 Å². The van der Waals surface area contributed by atoms with E-state index in [4.69, 9.17) is 0 Å². The Labute approximate surface area is 102 Å². The molecule has 2 heterocycles. The van der Waals surface area contributed by atoms with E-state index in [1.54, 1.807) is 0 Å². The fourth-order valence-corrected chi connectivity index (χ4v) is 2.12. The predicted octanol–water partition coefficient (Wildman–Crippen LogP) is 4.37. The van der Waals surface area contributed by atoms with Crippen LogP contribution in [0.15, 0.2) is 65.4 Å². The fraction of sp³-hybridized carbons (Fsp3) is 0. The molecule has 3 rings (SSSR count). The first-order valence-corrected chi connectivity index (χ1v) is 5.95. The minimum Gasteiger partial charge on any atom is -0.323 e. The highest BCUT2D eigenvalue weighted by Crippen LogP contribution is 2.24. The molecule has 1 nitrogen and oxygen atoms in total. The van der Waals surface area contributed by atoms with E-state index >= 15 is 0 Å². The number of fused-ring (bicyclic) bond motifs is 1. The molecule has 0 saturated heterocycles. The molecule has 0 unspecified atom stereocenters. The lowest BCUT2D eigenvalue weighted by molar-refractivity contribution is 1.20. The van der Waals surface area contributed by atoms with E-state index in [2.05, 4.69) is 75.2 Å². The van der Waals surface area contributed by atoms with Crippen molar-refractivity contribution in [3.05, 3.63) is 65.4 Å². The van der Waals surface area contributed by atoms with Crippen molar-refractivity contribution in [3.63, 3.8) is 0 Å². The summed E-state index contributed by atoms with van der Waals surface area (Å²) in [6.45, 7) is 0. The van der Waals surface area contributed by atoms with Crippen LogP contribution in [-0.2, 0) is 0 Å². The highest BCUT2D eigenvalue weighted by molar-refractivity contribution is 9.10. The van der Waals surface area contributed by atoms with Gasteiger partial charge in [0, 0.05) is 27.9 Å². The van der Waals surface area contributed by atoms with Crippen LogP contribution in [0.3, 0.4) is 0 Å². The van der Waals surface area contributed by atoms with Crippen molar-refractivity contribution in [2.24, 2.45) is 0 Å². The van der Waals surface area contributed by atoms with Crippen LogP contribution in [0.25, 0.3) is 16.6 Å². The van der Waals surface area contributed by atoms with Crippen LogP contribution < -0.4 is 0 Å². The second kappa shape index (κ2) is 3.80. The second-order valence-corrected chi connectivity index (χ2v) is 4.68. The largest absolute Gasteiger partial charge is 0.323 e. The van der Waals surface area contributed by atoms with Crippen molar-refractivity contribution in [1.29, 1.82) is 0 Å².